The average Bonchev–Trinajstić information content (AvgIpc) is 2.64. The van der Waals surface area contributed by atoms with Crippen molar-refractivity contribution in [2.75, 3.05) is 13.2 Å². The molecule has 0 bridgehead atoms. The van der Waals surface area contributed by atoms with Crippen LogP contribution < -0.4 is 5.32 Å². The molecule has 2 rings (SSSR count). The van der Waals surface area contributed by atoms with Gasteiger partial charge in [0.2, 0.25) is 0 Å². The molecule has 3 unspecified atom stereocenters. The quantitative estimate of drug-likeness (QED) is 0.822. The number of hydrogen-bond donors (Lipinski definition) is 1. The lowest BCUT2D eigenvalue weighted by Gasteiger charge is -2.29. The van der Waals surface area contributed by atoms with E-state index in [0.29, 0.717) is 18.1 Å². The molecule has 0 amide bonds. The van der Waals surface area contributed by atoms with E-state index in [0.717, 1.165) is 19.6 Å². The van der Waals surface area contributed by atoms with Crippen molar-refractivity contribution in [1.82, 2.24) is 5.32 Å². The summed E-state index contributed by atoms with van der Waals surface area (Å²) < 4.78 is 11.7. The van der Waals surface area contributed by atoms with Gasteiger partial charge in [-0.1, -0.05) is 0 Å². The fourth-order valence-electron chi connectivity index (χ4n) is 3.22. The molecule has 0 saturated carbocycles. The Balaban J connectivity index is 1.87. The summed E-state index contributed by atoms with van der Waals surface area (Å²) in [6.45, 7) is 12.9. The van der Waals surface area contributed by atoms with Crippen molar-refractivity contribution in [2.24, 2.45) is 5.92 Å². The van der Waals surface area contributed by atoms with Gasteiger partial charge in [-0.2, -0.15) is 0 Å². The summed E-state index contributed by atoms with van der Waals surface area (Å²) >= 11 is 0. The van der Waals surface area contributed by atoms with Crippen LogP contribution in [-0.4, -0.2) is 36.5 Å². The van der Waals surface area contributed by atoms with E-state index in [2.05, 4.69) is 39.9 Å². The highest BCUT2D eigenvalue weighted by Crippen LogP contribution is 2.37. The highest BCUT2D eigenvalue weighted by Gasteiger charge is 2.45. The number of nitrogens with one attached hydrogen (secondary N) is 1. The predicted octanol–water partition coefficient (Wildman–Crippen LogP) is 2.35. The average molecular weight is 241 g/mol. The SMILES string of the molecule is CC1OCCC1CNC1CC(C)(C)OC1(C)C. The summed E-state index contributed by atoms with van der Waals surface area (Å²) in [6.07, 6.45) is 2.68. The van der Waals surface area contributed by atoms with Gasteiger partial charge >= 0.3 is 0 Å². The molecule has 2 aliphatic heterocycles. The normalized spacial score (nSPS) is 39.7. The van der Waals surface area contributed by atoms with Crippen molar-refractivity contribution in [3.63, 3.8) is 0 Å². The van der Waals surface area contributed by atoms with Crippen LogP contribution in [0.1, 0.15) is 47.5 Å². The summed E-state index contributed by atoms with van der Waals surface area (Å²) in [4.78, 5) is 0. The highest BCUT2D eigenvalue weighted by molar-refractivity contribution is 4.99. The van der Waals surface area contributed by atoms with Crippen LogP contribution >= 0.6 is 0 Å². The second-order valence-corrected chi connectivity index (χ2v) is 6.75. The van der Waals surface area contributed by atoms with E-state index < -0.39 is 0 Å². The first kappa shape index (κ1) is 13.3. The Morgan fingerprint density at radius 1 is 1.24 bits per heavy atom. The van der Waals surface area contributed by atoms with Gasteiger partial charge in [-0.25, -0.2) is 0 Å². The van der Waals surface area contributed by atoms with Crippen LogP contribution in [0.4, 0.5) is 0 Å². The number of hydrogen-bond acceptors (Lipinski definition) is 3. The summed E-state index contributed by atoms with van der Waals surface area (Å²) in [5, 5.41) is 3.69. The van der Waals surface area contributed by atoms with Gasteiger partial charge in [-0.05, 0) is 53.4 Å². The first-order valence-corrected chi connectivity index (χ1v) is 6.85. The van der Waals surface area contributed by atoms with Crippen LogP contribution in [0.2, 0.25) is 0 Å². The van der Waals surface area contributed by atoms with E-state index >= 15 is 0 Å². The molecule has 0 aromatic carbocycles. The van der Waals surface area contributed by atoms with Crippen LogP contribution in [0.5, 0.6) is 0 Å². The topological polar surface area (TPSA) is 30.5 Å². The van der Waals surface area contributed by atoms with Crippen LogP contribution in [0, 0.1) is 5.92 Å². The molecule has 3 atom stereocenters. The van der Waals surface area contributed by atoms with E-state index in [4.69, 9.17) is 9.47 Å². The molecule has 100 valence electrons. The Morgan fingerprint density at radius 2 is 1.94 bits per heavy atom. The molecular weight excluding hydrogens is 214 g/mol. The second-order valence-electron chi connectivity index (χ2n) is 6.75. The molecule has 2 fully saturated rings. The molecule has 2 saturated heterocycles. The van der Waals surface area contributed by atoms with Crippen LogP contribution in [-0.2, 0) is 9.47 Å². The molecule has 3 nitrogen and oxygen atoms in total. The zero-order valence-corrected chi connectivity index (χ0v) is 11.9. The van der Waals surface area contributed by atoms with E-state index in [9.17, 15) is 0 Å². The summed E-state index contributed by atoms with van der Waals surface area (Å²) in [5.41, 5.74) is -0.0643. The van der Waals surface area contributed by atoms with Crippen LogP contribution in [0.25, 0.3) is 0 Å². The van der Waals surface area contributed by atoms with Crippen LogP contribution in [0.15, 0.2) is 0 Å². The van der Waals surface area contributed by atoms with Gasteiger partial charge in [0.1, 0.15) is 0 Å². The van der Waals surface area contributed by atoms with Gasteiger partial charge in [-0.3, -0.25) is 0 Å². The summed E-state index contributed by atoms with van der Waals surface area (Å²) in [7, 11) is 0. The fraction of sp³-hybridized carbons (Fsp3) is 1.00. The minimum absolute atomic E-state index is 0.00103. The fourth-order valence-corrected chi connectivity index (χ4v) is 3.22. The molecule has 0 aromatic rings. The standard InChI is InChI=1S/C14H27NO2/c1-10-11(6-7-16-10)9-15-12-8-13(2,3)17-14(12,4)5/h10-12,15H,6-9H2,1-5H3. The molecule has 0 aromatic heterocycles. The van der Waals surface area contributed by atoms with Crippen molar-refractivity contribution in [1.29, 1.82) is 0 Å². The van der Waals surface area contributed by atoms with Crippen molar-refractivity contribution in [2.45, 2.75) is 70.8 Å². The smallest absolute Gasteiger partial charge is 0.0787 e. The van der Waals surface area contributed by atoms with Crippen molar-refractivity contribution >= 4 is 0 Å². The Hall–Kier alpha value is -0.120. The summed E-state index contributed by atoms with van der Waals surface area (Å²) in [6, 6.07) is 0.449. The Kier molecular flexibility index (Phi) is 3.54. The third-order valence-corrected chi connectivity index (χ3v) is 4.23. The predicted molar refractivity (Wildman–Crippen MR) is 69.2 cm³/mol. The second kappa shape index (κ2) is 4.52. The third-order valence-electron chi connectivity index (χ3n) is 4.23. The van der Waals surface area contributed by atoms with Gasteiger partial charge in [0.25, 0.3) is 0 Å². The molecule has 17 heavy (non-hydrogen) atoms. The Morgan fingerprint density at radius 3 is 2.41 bits per heavy atom. The largest absolute Gasteiger partial charge is 0.378 e. The summed E-state index contributed by atoms with van der Waals surface area (Å²) in [5.74, 6) is 0.662. The lowest BCUT2D eigenvalue weighted by atomic mass is 9.93. The van der Waals surface area contributed by atoms with E-state index in [-0.39, 0.29) is 11.2 Å². The van der Waals surface area contributed by atoms with Crippen LogP contribution in [0.3, 0.4) is 0 Å². The Labute approximate surface area is 105 Å². The van der Waals surface area contributed by atoms with Gasteiger partial charge in [0, 0.05) is 19.2 Å². The van der Waals surface area contributed by atoms with Crippen molar-refractivity contribution < 1.29 is 9.47 Å². The lowest BCUT2D eigenvalue weighted by molar-refractivity contribution is -0.0700. The van der Waals surface area contributed by atoms with Crippen molar-refractivity contribution in [3.05, 3.63) is 0 Å². The van der Waals surface area contributed by atoms with E-state index in [1.807, 2.05) is 0 Å². The zero-order chi connectivity index (χ0) is 12.7. The Bertz CT molecular complexity index is 275. The molecule has 2 aliphatic rings. The first-order valence-electron chi connectivity index (χ1n) is 6.85. The third kappa shape index (κ3) is 3.01. The van der Waals surface area contributed by atoms with Crippen molar-refractivity contribution in [3.8, 4) is 0 Å². The molecule has 2 heterocycles. The molecule has 1 N–H and O–H groups in total. The molecule has 0 radical (unpaired) electrons. The highest BCUT2D eigenvalue weighted by atomic mass is 16.5. The minimum Gasteiger partial charge on any atom is -0.378 e. The maximum atomic E-state index is 6.10. The van der Waals surface area contributed by atoms with E-state index in [1.165, 1.54) is 6.42 Å². The lowest BCUT2D eigenvalue weighted by Crippen LogP contribution is -2.45. The first-order chi connectivity index (χ1) is 7.80. The minimum atomic E-state index is -0.0633. The maximum Gasteiger partial charge on any atom is 0.0787 e. The monoisotopic (exact) mass is 241 g/mol. The molecule has 3 heteroatoms. The van der Waals surface area contributed by atoms with Gasteiger partial charge in [0.05, 0.1) is 17.3 Å². The van der Waals surface area contributed by atoms with Gasteiger partial charge in [-0.15, -0.1) is 0 Å². The number of rotatable bonds is 3. The maximum absolute atomic E-state index is 6.10. The van der Waals surface area contributed by atoms with Gasteiger partial charge < -0.3 is 14.8 Å². The zero-order valence-electron chi connectivity index (χ0n) is 11.9. The number of ether oxygens (including phenoxy) is 2. The van der Waals surface area contributed by atoms with E-state index in [1.54, 1.807) is 0 Å². The molecular formula is C14H27NO2. The molecule has 0 spiro atoms. The van der Waals surface area contributed by atoms with Gasteiger partial charge in [0.15, 0.2) is 0 Å². The molecule has 0 aliphatic carbocycles.